The van der Waals surface area contributed by atoms with E-state index in [1.165, 1.54) is 6.07 Å². The summed E-state index contributed by atoms with van der Waals surface area (Å²) < 4.78 is 25.7. The van der Waals surface area contributed by atoms with E-state index in [1.54, 1.807) is 4.90 Å². The minimum atomic E-state index is -0.936. The Hall–Kier alpha value is -1.49. The van der Waals surface area contributed by atoms with Crippen molar-refractivity contribution in [1.82, 2.24) is 4.90 Å². The van der Waals surface area contributed by atoms with Crippen molar-refractivity contribution in [3.8, 4) is 0 Å². The van der Waals surface area contributed by atoms with E-state index in [2.05, 4.69) is 0 Å². The van der Waals surface area contributed by atoms with Crippen molar-refractivity contribution in [3.63, 3.8) is 0 Å². The molecule has 18 heavy (non-hydrogen) atoms. The predicted molar refractivity (Wildman–Crippen MR) is 61.9 cm³/mol. The molecule has 0 bridgehead atoms. The van der Waals surface area contributed by atoms with E-state index < -0.39 is 11.6 Å². The van der Waals surface area contributed by atoms with Crippen LogP contribution in [0.1, 0.15) is 18.4 Å². The van der Waals surface area contributed by atoms with Crippen LogP contribution in [0.4, 0.5) is 8.78 Å². The molecule has 0 unspecified atom stereocenters. The number of aliphatic hydroxyl groups excluding tert-OH is 1. The smallest absolute Gasteiger partial charge is 0.226 e. The average molecular weight is 255 g/mol. The number of carbonyl (C=O) groups excluding carboxylic acids is 1. The van der Waals surface area contributed by atoms with Gasteiger partial charge in [-0.15, -0.1) is 0 Å². The summed E-state index contributed by atoms with van der Waals surface area (Å²) in [6.45, 7) is 1.04. The summed E-state index contributed by atoms with van der Waals surface area (Å²) in [4.78, 5) is 13.5. The van der Waals surface area contributed by atoms with Gasteiger partial charge in [-0.1, -0.05) is 6.07 Å². The second kappa shape index (κ2) is 5.44. The molecule has 0 spiro atoms. The Labute approximate surface area is 104 Å². The summed E-state index contributed by atoms with van der Waals surface area (Å²) >= 11 is 0. The third kappa shape index (κ3) is 3.04. The Bertz CT molecular complexity index is 443. The van der Waals surface area contributed by atoms with Crippen LogP contribution in [-0.4, -0.2) is 35.1 Å². The number of carbonyl (C=O) groups is 1. The minimum absolute atomic E-state index is 0.0628. The molecular weight excluding hydrogens is 240 g/mol. The molecule has 1 saturated heterocycles. The maximum Gasteiger partial charge on any atom is 0.226 e. The number of hydrogen-bond donors (Lipinski definition) is 1. The van der Waals surface area contributed by atoms with E-state index in [9.17, 15) is 18.7 Å². The van der Waals surface area contributed by atoms with Crippen molar-refractivity contribution >= 4 is 5.91 Å². The Morgan fingerprint density at radius 1 is 1.28 bits per heavy atom. The zero-order chi connectivity index (χ0) is 13.1. The van der Waals surface area contributed by atoms with Gasteiger partial charge >= 0.3 is 0 Å². The lowest BCUT2D eigenvalue weighted by Gasteiger charge is -2.29. The van der Waals surface area contributed by atoms with Gasteiger partial charge in [-0.05, 0) is 30.5 Å². The molecule has 0 radical (unpaired) electrons. The monoisotopic (exact) mass is 255 g/mol. The number of halogens is 2. The van der Waals surface area contributed by atoms with E-state index in [1.807, 2.05) is 0 Å². The molecule has 3 nitrogen and oxygen atoms in total. The van der Waals surface area contributed by atoms with Crippen molar-refractivity contribution in [2.75, 3.05) is 13.1 Å². The van der Waals surface area contributed by atoms with Crippen molar-refractivity contribution in [2.45, 2.75) is 25.4 Å². The Kier molecular flexibility index (Phi) is 3.91. The Morgan fingerprint density at radius 3 is 2.56 bits per heavy atom. The van der Waals surface area contributed by atoms with Crippen LogP contribution in [0, 0.1) is 11.6 Å². The van der Waals surface area contributed by atoms with E-state index in [-0.39, 0.29) is 18.4 Å². The summed E-state index contributed by atoms with van der Waals surface area (Å²) in [5.41, 5.74) is 0.463. The number of nitrogens with zero attached hydrogens (tertiary/aromatic N) is 1. The number of piperidine rings is 1. The van der Waals surface area contributed by atoms with Crippen LogP contribution in [0.5, 0.6) is 0 Å². The lowest BCUT2D eigenvalue weighted by Crippen LogP contribution is -2.40. The van der Waals surface area contributed by atoms with Crippen LogP contribution in [0.15, 0.2) is 18.2 Å². The molecule has 1 heterocycles. The molecule has 1 aliphatic rings. The number of aliphatic hydroxyl groups is 1. The van der Waals surface area contributed by atoms with Gasteiger partial charge in [-0.25, -0.2) is 8.78 Å². The first kappa shape index (κ1) is 13.0. The number of hydrogen-bond acceptors (Lipinski definition) is 2. The number of amides is 1. The third-order valence-electron chi connectivity index (χ3n) is 3.16. The second-order valence-corrected chi connectivity index (χ2v) is 4.54. The highest BCUT2D eigenvalue weighted by atomic mass is 19.2. The highest BCUT2D eigenvalue weighted by molar-refractivity contribution is 5.78. The van der Waals surface area contributed by atoms with Crippen LogP contribution < -0.4 is 0 Å². The van der Waals surface area contributed by atoms with Crippen LogP contribution in [0.3, 0.4) is 0 Å². The molecule has 2 rings (SSSR count). The lowest BCUT2D eigenvalue weighted by atomic mass is 10.1. The summed E-state index contributed by atoms with van der Waals surface area (Å²) in [6.07, 6.45) is 0.873. The molecule has 0 aliphatic carbocycles. The van der Waals surface area contributed by atoms with Crippen molar-refractivity contribution in [1.29, 1.82) is 0 Å². The van der Waals surface area contributed by atoms with E-state index >= 15 is 0 Å². The minimum Gasteiger partial charge on any atom is -0.393 e. The normalized spacial score (nSPS) is 16.9. The molecule has 98 valence electrons. The predicted octanol–water partition coefficient (Wildman–Crippen LogP) is 1.49. The Morgan fingerprint density at radius 2 is 1.94 bits per heavy atom. The average Bonchev–Trinajstić information content (AvgIpc) is 2.34. The summed E-state index contributed by atoms with van der Waals surface area (Å²) in [5, 5.41) is 9.34. The maximum atomic E-state index is 13.0. The van der Waals surface area contributed by atoms with Gasteiger partial charge in [-0.3, -0.25) is 4.79 Å². The van der Waals surface area contributed by atoms with Gasteiger partial charge in [0.15, 0.2) is 11.6 Å². The first-order valence-corrected chi connectivity index (χ1v) is 5.96. The van der Waals surface area contributed by atoms with Gasteiger partial charge in [-0.2, -0.15) is 0 Å². The van der Waals surface area contributed by atoms with E-state index in [4.69, 9.17) is 0 Å². The van der Waals surface area contributed by atoms with Gasteiger partial charge in [0.1, 0.15) is 0 Å². The second-order valence-electron chi connectivity index (χ2n) is 4.54. The fourth-order valence-electron chi connectivity index (χ4n) is 2.05. The van der Waals surface area contributed by atoms with Crippen LogP contribution in [0.2, 0.25) is 0 Å². The van der Waals surface area contributed by atoms with Gasteiger partial charge in [0.25, 0.3) is 0 Å². The van der Waals surface area contributed by atoms with Gasteiger partial charge in [0.2, 0.25) is 5.91 Å². The first-order valence-electron chi connectivity index (χ1n) is 5.96. The van der Waals surface area contributed by atoms with Gasteiger partial charge in [0, 0.05) is 13.1 Å². The highest BCUT2D eigenvalue weighted by Crippen LogP contribution is 2.14. The first-order chi connectivity index (χ1) is 8.56. The molecule has 0 atom stereocenters. The maximum absolute atomic E-state index is 13.0. The third-order valence-corrected chi connectivity index (χ3v) is 3.16. The standard InChI is InChI=1S/C13H15F2NO2/c14-11-2-1-9(7-12(11)15)8-13(18)16-5-3-10(17)4-6-16/h1-2,7,10,17H,3-6,8H2. The summed E-state index contributed by atoms with van der Waals surface area (Å²) in [6, 6.07) is 3.49. The molecule has 1 N–H and O–H groups in total. The molecule has 1 amide bonds. The quantitative estimate of drug-likeness (QED) is 0.869. The molecular formula is C13H15F2NO2. The number of likely N-dealkylation sites (tertiary alicyclic amines) is 1. The molecule has 5 heteroatoms. The molecule has 1 aromatic rings. The van der Waals surface area contributed by atoms with Crippen molar-refractivity contribution in [3.05, 3.63) is 35.4 Å². The van der Waals surface area contributed by atoms with E-state index in [0.29, 0.717) is 31.5 Å². The largest absolute Gasteiger partial charge is 0.393 e. The van der Waals surface area contributed by atoms with Gasteiger partial charge in [0.05, 0.1) is 12.5 Å². The summed E-state index contributed by atoms with van der Waals surface area (Å²) in [5.74, 6) is -1.96. The fraction of sp³-hybridized carbons (Fsp3) is 0.462. The topological polar surface area (TPSA) is 40.5 Å². The molecule has 1 aromatic carbocycles. The Balaban J connectivity index is 1.96. The van der Waals surface area contributed by atoms with Crippen molar-refractivity contribution < 1.29 is 18.7 Å². The highest BCUT2D eigenvalue weighted by Gasteiger charge is 2.21. The van der Waals surface area contributed by atoms with Crippen molar-refractivity contribution in [2.24, 2.45) is 0 Å². The molecule has 0 saturated carbocycles. The van der Waals surface area contributed by atoms with Crippen LogP contribution in [-0.2, 0) is 11.2 Å². The van der Waals surface area contributed by atoms with Crippen LogP contribution >= 0.6 is 0 Å². The zero-order valence-corrected chi connectivity index (χ0v) is 9.90. The molecule has 0 aromatic heterocycles. The summed E-state index contributed by atoms with van der Waals surface area (Å²) in [7, 11) is 0. The SMILES string of the molecule is O=C(Cc1ccc(F)c(F)c1)N1CCC(O)CC1. The lowest BCUT2D eigenvalue weighted by molar-refractivity contribution is -0.132. The zero-order valence-electron chi connectivity index (χ0n) is 9.90. The van der Waals surface area contributed by atoms with Gasteiger partial charge < -0.3 is 10.0 Å². The molecule has 1 fully saturated rings. The fourth-order valence-corrected chi connectivity index (χ4v) is 2.05. The number of benzene rings is 1. The molecule has 1 aliphatic heterocycles. The van der Waals surface area contributed by atoms with Crippen LogP contribution in [0.25, 0.3) is 0 Å². The van der Waals surface area contributed by atoms with E-state index in [0.717, 1.165) is 12.1 Å². The number of rotatable bonds is 2.